The summed E-state index contributed by atoms with van der Waals surface area (Å²) in [6.45, 7) is 0. The maximum Gasteiger partial charge on any atom is 0.373 e. The predicted molar refractivity (Wildman–Crippen MR) is 82.7 cm³/mol. The number of hydrogen-bond acceptors (Lipinski definition) is 7. The van der Waals surface area contributed by atoms with Crippen LogP contribution in [0, 0.1) is 15.9 Å². The number of rotatable bonds is 5. The van der Waals surface area contributed by atoms with Crippen molar-refractivity contribution >= 4 is 17.2 Å². The van der Waals surface area contributed by atoms with Crippen molar-refractivity contribution in [2.75, 3.05) is 5.32 Å². The first kappa shape index (κ1) is 15.3. The molecule has 0 aliphatic carbocycles. The smallest absolute Gasteiger partial charge is 0.373 e. The number of nitrogens with zero attached hydrogens (tertiary/aromatic N) is 4. The van der Waals surface area contributed by atoms with Crippen LogP contribution < -0.4 is 10.1 Å². The van der Waals surface area contributed by atoms with Crippen molar-refractivity contribution in [1.29, 1.82) is 0 Å². The number of nitrogens with one attached hydrogen (secondary N) is 1. The van der Waals surface area contributed by atoms with Gasteiger partial charge in [-0.3, -0.25) is 15.1 Å². The van der Waals surface area contributed by atoms with Crippen molar-refractivity contribution in [3.05, 3.63) is 71.1 Å². The summed E-state index contributed by atoms with van der Waals surface area (Å²) in [5.74, 6) is -0.418. The number of nitro groups is 1. The Bertz CT molecular complexity index is 859. The summed E-state index contributed by atoms with van der Waals surface area (Å²) in [4.78, 5) is 22.3. The third-order valence-electron chi connectivity index (χ3n) is 2.93. The van der Waals surface area contributed by atoms with Gasteiger partial charge in [0.25, 0.3) is 0 Å². The van der Waals surface area contributed by atoms with Crippen LogP contribution in [0.25, 0.3) is 0 Å². The monoisotopic (exact) mass is 327 g/mol. The van der Waals surface area contributed by atoms with Crippen LogP contribution in [0.2, 0.25) is 0 Å². The molecule has 9 heteroatoms. The van der Waals surface area contributed by atoms with E-state index in [1.165, 1.54) is 30.5 Å². The first-order valence-electron chi connectivity index (χ1n) is 6.73. The fraction of sp³-hybridized carbons (Fsp3) is 0. The molecular formula is C15H10FN5O3. The van der Waals surface area contributed by atoms with E-state index in [-0.39, 0.29) is 11.7 Å². The van der Waals surface area contributed by atoms with Crippen LogP contribution in [0.1, 0.15) is 0 Å². The molecule has 0 saturated carbocycles. The van der Waals surface area contributed by atoms with E-state index in [0.29, 0.717) is 11.4 Å². The third kappa shape index (κ3) is 3.40. The molecular weight excluding hydrogens is 317 g/mol. The highest BCUT2D eigenvalue weighted by Gasteiger charge is 2.25. The second-order valence-electron chi connectivity index (χ2n) is 4.56. The van der Waals surface area contributed by atoms with Crippen molar-refractivity contribution < 1.29 is 14.1 Å². The summed E-state index contributed by atoms with van der Waals surface area (Å²) in [6, 6.07) is 8.53. The molecule has 0 atom stereocenters. The summed E-state index contributed by atoms with van der Waals surface area (Å²) >= 11 is 0. The molecule has 0 aliphatic heterocycles. The molecule has 120 valence electrons. The van der Waals surface area contributed by atoms with E-state index in [1.54, 1.807) is 18.3 Å². The first-order valence-corrected chi connectivity index (χ1v) is 6.73. The van der Waals surface area contributed by atoms with Crippen molar-refractivity contribution in [3.63, 3.8) is 0 Å². The summed E-state index contributed by atoms with van der Waals surface area (Å²) in [6.07, 6.45) is 4.08. The largest absolute Gasteiger partial charge is 0.432 e. The number of halogens is 1. The maximum absolute atomic E-state index is 13.0. The van der Waals surface area contributed by atoms with Crippen LogP contribution >= 0.6 is 0 Å². The molecule has 3 rings (SSSR count). The Morgan fingerprint density at radius 1 is 1.17 bits per heavy atom. The number of benzene rings is 1. The van der Waals surface area contributed by atoms with Gasteiger partial charge in [0.15, 0.2) is 0 Å². The lowest BCUT2D eigenvalue weighted by Gasteiger charge is -2.09. The molecule has 1 N–H and O–H groups in total. The summed E-state index contributed by atoms with van der Waals surface area (Å²) in [5, 5.41) is 14.2. The topological polar surface area (TPSA) is 103 Å². The van der Waals surface area contributed by atoms with E-state index in [9.17, 15) is 14.5 Å². The molecule has 0 radical (unpaired) electrons. The third-order valence-corrected chi connectivity index (χ3v) is 2.93. The van der Waals surface area contributed by atoms with Crippen LogP contribution in [0.5, 0.6) is 11.6 Å². The molecule has 8 nitrogen and oxygen atoms in total. The van der Waals surface area contributed by atoms with Crippen LogP contribution in [-0.2, 0) is 0 Å². The Labute approximate surface area is 135 Å². The van der Waals surface area contributed by atoms with E-state index in [0.717, 1.165) is 6.33 Å². The molecule has 3 aromatic rings. The van der Waals surface area contributed by atoms with Gasteiger partial charge in [0.05, 0.1) is 11.1 Å². The molecule has 0 unspecified atom stereocenters. The van der Waals surface area contributed by atoms with Gasteiger partial charge in [0.1, 0.15) is 17.9 Å². The van der Waals surface area contributed by atoms with Gasteiger partial charge >= 0.3 is 11.6 Å². The minimum Gasteiger partial charge on any atom is -0.432 e. The summed E-state index contributed by atoms with van der Waals surface area (Å²) in [7, 11) is 0. The molecule has 2 aromatic heterocycles. The van der Waals surface area contributed by atoms with Crippen molar-refractivity contribution in [3.8, 4) is 11.6 Å². The molecule has 0 fully saturated rings. The number of aromatic nitrogens is 3. The van der Waals surface area contributed by atoms with E-state index in [1.807, 2.05) is 0 Å². The molecule has 0 aliphatic rings. The van der Waals surface area contributed by atoms with Crippen LogP contribution in [0.15, 0.2) is 55.1 Å². The Hall–Kier alpha value is -3.62. The van der Waals surface area contributed by atoms with E-state index < -0.39 is 16.4 Å². The van der Waals surface area contributed by atoms with E-state index in [2.05, 4.69) is 20.3 Å². The Kier molecular flexibility index (Phi) is 4.23. The average molecular weight is 327 g/mol. The zero-order chi connectivity index (χ0) is 16.9. The van der Waals surface area contributed by atoms with Crippen LogP contribution in [0.4, 0.5) is 21.6 Å². The molecule has 0 saturated heterocycles. The summed E-state index contributed by atoms with van der Waals surface area (Å²) in [5.41, 5.74) is -0.00351. The minimum absolute atomic E-state index is 0.0690. The lowest BCUT2D eigenvalue weighted by Crippen LogP contribution is -2.03. The van der Waals surface area contributed by atoms with E-state index in [4.69, 9.17) is 4.74 Å². The van der Waals surface area contributed by atoms with Crippen LogP contribution in [0.3, 0.4) is 0 Å². The number of pyridine rings is 1. The maximum atomic E-state index is 13.0. The van der Waals surface area contributed by atoms with E-state index >= 15 is 0 Å². The number of hydrogen-bond donors (Lipinski definition) is 1. The van der Waals surface area contributed by atoms with Gasteiger partial charge < -0.3 is 10.1 Å². The highest BCUT2D eigenvalue weighted by Crippen LogP contribution is 2.35. The summed E-state index contributed by atoms with van der Waals surface area (Å²) < 4.78 is 18.4. The van der Waals surface area contributed by atoms with Gasteiger partial charge in [-0.1, -0.05) is 0 Å². The highest BCUT2D eigenvalue weighted by molar-refractivity contribution is 5.68. The Balaban J connectivity index is 1.96. The quantitative estimate of drug-likeness (QED) is 0.565. The minimum atomic E-state index is -0.655. The fourth-order valence-corrected chi connectivity index (χ4v) is 1.88. The zero-order valence-corrected chi connectivity index (χ0v) is 12.1. The van der Waals surface area contributed by atoms with Gasteiger partial charge in [-0.15, -0.1) is 0 Å². The zero-order valence-electron chi connectivity index (χ0n) is 12.1. The molecule has 0 bridgehead atoms. The van der Waals surface area contributed by atoms with Crippen molar-refractivity contribution in [2.24, 2.45) is 0 Å². The van der Waals surface area contributed by atoms with Crippen molar-refractivity contribution in [2.45, 2.75) is 0 Å². The number of anilines is 2. The average Bonchev–Trinajstić information content (AvgIpc) is 2.58. The van der Waals surface area contributed by atoms with Gasteiger partial charge in [0.2, 0.25) is 5.82 Å². The second-order valence-corrected chi connectivity index (χ2v) is 4.56. The lowest BCUT2D eigenvalue weighted by atomic mass is 10.3. The molecule has 24 heavy (non-hydrogen) atoms. The van der Waals surface area contributed by atoms with Gasteiger partial charge in [-0.2, -0.15) is 4.98 Å². The van der Waals surface area contributed by atoms with Gasteiger partial charge in [0, 0.05) is 11.9 Å². The normalized spacial score (nSPS) is 10.2. The standard InChI is InChI=1S/C15H10FN5O3/c16-10-3-5-11(6-4-10)20-14-13(21(22)23)15(19-9-18-14)24-12-2-1-7-17-8-12/h1-9H,(H,18,19,20). The Morgan fingerprint density at radius 2 is 1.96 bits per heavy atom. The fourth-order valence-electron chi connectivity index (χ4n) is 1.88. The SMILES string of the molecule is O=[N+]([O-])c1c(Nc2ccc(F)cc2)ncnc1Oc1cccnc1. The molecule has 0 amide bonds. The number of ether oxygens (including phenoxy) is 1. The first-order chi connectivity index (χ1) is 11.6. The highest BCUT2D eigenvalue weighted by atomic mass is 19.1. The molecule has 0 spiro atoms. The molecule has 2 heterocycles. The van der Waals surface area contributed by atoms with Crippen LogP contribution in [-0.4, -0.2) is 19.9 Å². The van der Waals surface area contributed by atoms with Gasteiger partial charge in [-0.25, -0.2) is 9.37 Å². The lowest BCUT2D eigenvalue weighted by molar-refractivity contribution is -0.385. The molecule has 1 aromatic carbocycles. The second kappa shape index (κ2) is 6.65. The predicted octanol–water partition coefficient (Wildman–Crippen LogP) is 3.45. The van der Waals surface area contributed by atoms with Gasteiger partial charge in [-0.05, 0) is 36.4 Å². The van der Waals surface area contributed by atoms with Crippen molar-refractivity contribution in [1.82, 2.24) is 15.0 Å². The Morgan fingerprint density at radius 3 is 2.62 bits per heavy atom.